The van der Waals surface area contributed by atoms with E-state index >= 15 is 0 Å². The Morgan fingerprint density at radius 1 is 1.33 bits per heavy atom. The van der Waals surface area contributed by atoms with Crippen molar-refractivity contribution < 1.29 is 0 Å². The second-order valence-corrected chi connectivity index (χ2v) is 5.94. The Bertz CT molecular complexity index is 553. The van der Waals surface area contributed by atoms with Crippen LogP contribution in [-0.4, -0.2) is 23.5 Å². The Morgan fingerprint density at radius 3 is 2.89 bits per heavy atom. The summed E-state index contributed by atoms with van der Waals surface area (Å²) in [6.45, 7) is 5.79. The van der Waals surface area contributed by atoms with Crippen LogP contribution in [-0.2, 0) is 6.42 Å². The van der Waals surface area contributed by atoms with E-state index < -0.39 is 0 Å². The van der Waals surface area contributed by atoms with Crippen molar-refractivity contribution in [2.45, 2.75) is 32.7 Å². The van der Waals surface area contributed by atoms with Crippen LogP contribution in [0, 0.1) is 5.92 Å². The zero-order chi connectivity index (χ0) is 12.7. The molecular weight excluding hydrogens is 220 g/mol. The molecule has 0 bridgehead atoms. The van der Waals surface area contributed by atoms with Crippen molar-refractivity contribution in [3.63, 3.8) is 0 Å². The van der Waals surface area contributed by atoms with E-state index in [1.54, 1.807) is 5.56 Å². The van der Waals surface area contributed by atoms with Gasteiger partial charge in [-0.1, -0.05) is 32.0 Å². The fourth-order valence-corrected chi connectivity index (χ4v) is 3.18. The second-order valence-electron chi connectivity index (χ2n) is 5.94. The number of aromatic nitrogens is 1. The number of nitrogens with zero attached hydrogens (tertiary/aromatic N) is 1. The fraction of sp³-hybridized carbons (Fsp3) is 0.500. The van der Waals surface area contributed by atoms with Gasteiger partial charge < -0.3 is 4.98 Å². The van der Waals surface area contributed by atoms with Crippen molar-refractivity contribution in [1.82, 2.24) is 9.88 Å². The first kappa shape index (κ1) is 11.8. The number of para-hydroxylation sites is 1. The van der Waals surface area contributed by atoms with E-state index in [0.29, 0.717) is 6.04 Å². The minimum absolute atomic E-state index is 0.557. The Balaban J connectivity index is 2.10. The molecule has 0 saturated carbocycles. The first-order valence-electron chi connectivity index (χ1n) is 6.96. The molecule has 1 atom stereocenters. The van der Waals surface area contributed by atoms with Gasteiger partial charge in [-0.3, -0.25) is 4.90 Å². The lowest BCUT2D eigenvalue weighted by Crippen LogP contribution is -2.32. The van der Waals surface area contributed by atoms with Gasteiger partial charge in [0.05, 0.1) is 6.04 Å². The van der Waals surface area contributed by atoms with Crippen LogP contribution in [0.25, 0.3) is 10.9 Å². The van der Waals surface area contributed by atoms with Gasteiger partial charge in [-0.25, -0.2) is 0 Å². The van der Waals surface area contributed by atoms with E-state index in [-0.39, 0.29) is 0 Å². The molecule has 2 aromatic rings. The summed E-state index contributed by atoms with van der Waals surface area (Å²) in [4.78, 5) is 6.16. The highest BCUT2D eigenvalue weighted by Gasteiger charge is 2.28. The molecule has 0 spiro atoms. The van der Waals surface area contributed by atoms with Gasteiger partial charge in [-0.05, 0) is 37.4 Å². The minimum atomic E-state index is 0.557. The standard InChI is InChI=1S/C16H22N2/c1-11(2)10-15-16-13(8-9-18(15)3)12-6-4-5-7-14(12)17-16/h4-7,11,15,17H,8-10H2,1-3H3/t15-/m1/s1. The summed E-state index contributed by atoms with van der Waals surface area (Å²) in [5.41, 5.74) is 4.31. The third-order valence-corrected chi connectivity index (χ3v) is 4.12. The van der Waals surface area contributed by atoms with Crippen molar-refractivity contribution in [1.29, 1.82) is 0 Å². The molecule has 0 fully saturated rings. The molecule has 0 unspecified atom stereocenters. The van der Waals surface area contributed by atoms with E-state index in [9.17, 15) is 0 Å². The average Bonchev–Trinajstić information content (AvgIpc) is 2.71. The van der Waals surface area contributed by atoms with Gasteiger partial charge in [-0.15, -0.1) is 0 Å². The van der Waals surface area contributed by atoms with E-state index in [1.807, 2.05) is 0 Å². The van der Waals surface area contributed by atoms with Crippen molar-refractivity contribution >= 4 is 10.9 Å². The van der Waals surface area contributed by atoms with Crippen LogP contribution in [0.15, 0.2) is 24.3 Å². The molecule has 1 aliphatic heterocycles. The van der Waals surface area contributed by atoms with Crippen molar-refractivity contribution in [3.8, 4) is 0 Å². The van der Waals surface area contributed by atoms with E-state index in [1.165, 1.54) is 36.0 Å². The van der Waals surface area contributed by atoms with Crippen LogP contribution in [0.1, 0.15) is 37.6 Å². The maximum absolute atomic E-state index is 3.66. The maximum atomic E-state index is 3.66. The van der Waals surface area contributed by atoms with Gasteiger partial charge in [0.1, 0.15) is 0 Å². The Hall–Kier alpha value is -1.28. The van der Waals surface area contributed by atoms with Crippen LogP contribution in [0.5, 0.6) is 0 Å². The summed E-state index contributed by atoms with van der Waals surface area (Å²) >= 11 is 0. The van der Waals surface area contributed by atoms with Gasteiger partial charge in [0.25, 0.3) is 0 Å². The number of rotatable bonds is 2. The van der Waals surface area contributed by atoms with Crippen molar-refractivity contribution in [2.75, 3.05) is 13.6 Å². The van der Waals surface area contributed by atoms with Crippen molar-refractivity contribution in [2.24, 2.45) is 5.92 Å². The van der Waals surface area contributed by atoms with E-state index in [4.69, 9.17) is 0 Å². The second kappa shape index (κ2) is 4.43. The maximum Gasteiger partial charge on any atom is 0.0501 e. The van der Waals surface area contributed by atoms with Crippen LogP contribution in [0.2, 0.25) is 0 Å². The summed E-state index contributed by atoms with van der Waals surface area (Å²) in [6, 6.07) is 9.27. The molecule has 3 rings (SSSR count). The number of hydrogen-bond donors (Lipinski definition) is 1. The number of benzene rings is 1. The molecule has 0 amide bonds. The lowest BCUT2D eigenvalue weighted by molar-refractivity contribution is 0.199. The lowest BCUT2D eigenvalue weighted by Gasteiger charge is -2.33. The zero-order valence-electron chi connectivity index (χ0n) is 11.5. The molecule has 96 valence electrons. The van der Waals surface area contributed by atoms with Gasteiger partial charge in [-0.2, -0.15) is 0 Å². The third kappa shape index (κ3) is 1.85. The summed E-state index contributed by atoms with van der Waals surface area (Å²) in [7, 11) is 2.25. The van der Waals surface area contributed by atoms with Crippen molar-refractivity contribution in [3.05, 3.63) is 35.5 Å². The van der Waals surface area contributed by atoms with Gasteiger partial charge in [0.2, 0.25) is 0 Å². The average molecular weight is 242 g/mol. The minimum Gasteiger partial charge on any atom is -0.357 e. The zero-order valence-corrected chi connectivity index (χ0v) is 11.5. The molecule has 1 aromatic carbocycles. The molecule has 1 aliphatic rings. The number of nitrogens with one attached hydrogen (secondary N) is 1. The molecule has 2 heterocycles. The van der Waals surface area contributed by atoms with Crippen LogP contribution >= 0.6 is 0 Å². The normalized spacial score (nSPS) is 20.6. The number of aromatic amines is 1. The van der Waals surface area contributed by atoms with Gasteiger partial charge in [0.15, 0.2) is 0 Å². The Labute approximate surface area is 109 Å². The SMILES string of the molecule is CC(C)C[C@@H]1c2[nH]c3ccccc3c2CCN1C. The lowest BCUT2D eigenvalue weighted by atomic mass is 9.92. The highest BCUT2D eigenvalue weighted by molar-refractivity contribution is 5.85. The summed E-state index contributed by atoms with van der Waals surface area (Å²) in [5.74, 6) is 0.731. The Kier molecular flexibility index (Phi) is 2.90. The molecule has 0 radical (unpaired) electrons. The molecule has 18 heavy (non-hydrogen) atoms. The van der Waals surface area contributed by atoms with Crippen LogP contribution in [0.4, 0.5) is 0 Å². The van der Waals surface area contributed by atoms with Gasteiger partial charge in [0, 0.05) is 23.1 Å². The quantitative estimate of drug-likeness (QED) is 0.850. The molecule has 2 nitrogen and oxygen atoms in total. The number of fused-ring (bicyclic) bond motifs is 3. The Morgan fingerprint density at radius 2 is 2.11 bits per heavy atom. The van der Waals surface area contributed by atoms with E-state index in [0.717, 1.165) is 5.92 Å². The summed E-state index contributed by atoms with van der Waals surface area (Å²) < 4.78 is 0. The first-order chi connectivity index (χ1) is 8.66. The summed E-state index contributed by atoms with van der Waals surface area (Å²) in [6.07, 6.45) is 2.40. The molecular formula is C16H22N2. The largest absolute Gasteiger partial charge is 0.357 e. The third-order valence-electron chi connectivity index (χ3n) is 4.12. The number of likely N-dealkylation sites (N-methyl/N-ethyl adjacent to an activating group) is 1. The van der Waals surface area contributed by atoms with Gasteiger partial charge >= 0.3 is 0 Å². The summed E-state index contributed by atoms with van der Waals surface area (Å²) in [5, 5.41) is 1.43. The predicted octanol–water partition coefficient (Wildman–Crippen LogP) is 3.74. The monoisotopic (exact) mass is 242 g/mol. The first-order valence-corrected chi connectivity index (χ1v) is 6.96. The smallest absolute Gasteiger partial charge is 0.0501 e. The highest BCUT2D eigenvalue weighted by Crippen LogP contribution is 2.36. The van der Waals surface area contributed by atoms with E-state index in [2.05, 4.69) is 55.0 Å². The number of hydrogen-bond acceptors (Lipinski definition) is 1. The molecule has 1 aromatic heterocycles. The highest BCUT2D eigenvalue weighted by atomic mass is 15.1. The molecule has 2 heteroatoms. The topological polar surface area (TPSA) is 19.0 Å². The van der Waals surface area contributed by atoms with Crippen LogP contribution in [0.3, 0.4) is 0 Å². The molecule has 0 saturated heterocycles. The fourth-order valence-electron chi connectivity index (χ4n) is 3.18. The predicted molar refractivity (Wildman–Crippen MR) is 76.8 cm³/mol. The molecule has 1 N–H and O–H groups in total. The molecule has 0 aliphatic carbocycles. The van der Waals surface area contributed by atoms with Crippen LogP contribution < -0.4 is 0 Å². The number of H-pyrrole nitrogens is 1.